The molecular formula is C10H10IN2O+. The topological polar surface area (TPSA) is 29.9 Å². The van der Waals surface area contributed by atoms with Crippen molar-refractivity contribution >= 4 is 22.6 Å². The van der Waals surface area contributed by atoms with Gasteiger partial charge in [0.15, 0.2) is 22.7 Å². The maximum Gasteiger partial charge on any atom is 0.197 e. The van der Waals surface area contributed by atoms with Crippen molar-refractivity contribution in [1.82, 2.24) is 5.16 Å². The molecule has 0 radical (unpaired) electrons. The molecule has 2 aromatic heterocycles. The Kier molecular flexibility index (Phi) is 2.81. The molecule has 0 bridgehead atoms. The van der Waals surface area contributed by atoms with Crippen molar-refractivity contribution in [3.05, 3.63) is 36.3 Å². The number of hydrogen-bond acceptors (Lipinski definition) is 2. The molecule has 72 valence electrons. The van der Waals surface area contributed by atoms with Crippen LogP contribution in [0.5, 0.6) is 0 Å². The Morgan fingerprint density at radius 3 is 2.64 bits per heavy atom. The number of alkyl halides is 1. The summed E-state index contributed by atoms with van der Waals surface area (Å²) in [5.41, 5.74) is 1.97. The summed E-state index contributed by atoms with van der Waals surface area (Å²) in [6, 6.07) is 5.99. The maximum atomic E-state index is 5.16. The van der Waals surface area contributed by atoms with E-state index in [9.17, 15) is 0 Å². The normalized spacial score (nSPS) is 10.4. The number of rotatable bonds is 2. The van der Waals surface area contributed by atoms with E-state index in [1.807, 2.05) is 37.5 Å². The number of aryl methyl sites for hydroxylation is 1. The molecule has 0 aliphatic carbocycles. The minimum atomic E-state index is 0.822. The second-order valence-corrected chi connectivity index (χ2v) is 3.74. The molecule has 0 aromatic carbocycles. The van der Waals surface area contributed by atoms with Crippen LogP contribution in [0.4, 0.5) is 0 Å². The first kappa shape index (κ1) is 9.64. The zero-order valence-corrected chi connectivity index (χ0v) is 9.93. The van der Waals surface area contributed by atoms with Gasteiger partial charge in [-0.1, -0.05) is 5.16 Å². The highest BCUT2D eigenvalue weighted by Crippen LogP contribution is 2.18. The Morgan fingerprint density at radius 2 is 2.14 bits per heavy atom. The maximum absolute atomic E-state index is 5.16. The summed E-state index contributed by atoms with van der Waals surface area (Å²) in [4.78, 5) is 0. The third kappa shape index (κ3) is 1.95. The molecule has 0 saturated carbocycles. The van der Waals surface area contributed by atoms with E-state index in [-0.39, 0.29) is 0 Å². The predicted molar refractivity (Wildman–Crippen MR) is 60.9 cm³/mol. The van der Waals surface area contributed by atoms with Crippen LogP contribution in [0.2, 0.25) is 0 Å². The van der Waals surface area contributed by atoms with E-state index in [2.05, 4.69) is 32.3 Å². The van der Waals surface area contributed by atoms with Gasteiger partial charge in [0.2, 0.25) is 0 Å². The molecule has 0 amide bonds. The summed E-state index contributed by atoms with van der Waals surface area (Å²) in [5.74, 6) is 0.822. The van der Waals surface area contributed by atoms with Crippen molar-refractivity contribution in [2.45, 2.75) is 11.5 Å². The van der Waals surface area contributed by atoms with E-state index >= 15 is 0 Å². The van der Waals surface area contributed by atoms with Crippen molar-refractivity contribution in [3.8, 4) is 11.3 Å². The van der Waals surface area contributed by atoms with Crippen LogP contribution in [-0.2, 0) is 4.55 Å². The van der Waals surface area contributed by atoms with Gasteiger partial charge in [0, 0.05) is 23.8 Å². The molecule has 3 nitrogen and oxygen atoms in total. The van der Waals surface area contributed by atoms with Gasteiger partial charge in [-0.25, -0.2) is 0 Å². The third-order valence-corrected chi connectivity index (χ3v) is 2.73. The molecular weight excluding hydrogens is 291 g/mol. The van der Waals surface area contributed by atoms with E-state index in [1.54, 1.807) is 0 Å². The summed E-state index contributed by atoms with van der Waals surface area (Å²) >= 11 is 2.31. The molecule has 0 unspecified atom stereocenters. The molecule has 0 spiro atoms. The Labute approximate surface area is 95.9 Å². The monoisotopic (exact) mass is 301 g/mol. The van der Waals surface area contributed by atoms with Crippen molar-refractivity contribution in [2.24, 2.45) is 0 Å². The van der Waals surface area contributed by atoms with Gasteiger partial charge in [-0.15, -0.1) is 0 Å². The summed E-state index contributed by atoms with van der Waals surface area (Å²) in [5, 5.41) is 3.85. The van der Waals surface area contributed by atoms with Crippen molar-refractivity contribution in [2.75, 3.05) is 0 Å². The van der Waals surface area contributed by atoms with E-state index in [1.165, 1.54) is 0 Å². The minimum absolute atomic E-state index is 0.822. The van der Waals surface area contributed by atoms with Gasteiger partial charge in [0.05, 0.1) is 5.69 Å². The second kappa shape index (κ2) is 4.08. The molecule has 0 N–H and O–H groups in total. The van der Waals surface area contributed by atoms with Crippen molar-refractivity contribution in [1.29, 1.82) is 0 Å². The van der Waals surface area contributed by atoms with Gasteiger partial charge < -0.3 is 4.52 Å². The fourth-order valence-corrected chi connectivity index (χ4v) is 1.66. The van der Waals surface area contributed by atoms with Crippen LogP contribution in [-0.4, -0.2) is 5.16 Å². The predicted octanol–water partition coefficient (Wildman–Crippen LogP) is 2.33. The highest BCUT2D eigenvalue weighted by molar-refractivity contribution is 14.1. The molecule has 2 aromatic rings. The molecule has 0 atom stereocenters. The number of pyridine rings is 1. The van der Waals surface area contributed by atoms with E-state index in [0.29, 0.717) is 0 Å². The van der Waals surface area contributed by atoms with Gasteiger partial charge in [-0.3, -0.25) is 0 Å². The van der Waals surface area contributed by atoms with Crippen LogP contribution in [0, 0.1) is 6.92 Å². The van der Waals surface area contributed by atoms with Crippen LogP contribution in [0.3, 0.4) is 0 Å². The van der Waals surface area contributed by atoms with Crippen molar-refractivity contribution in [3.63, 3.8) is 0 Å². The molecule has 0 aliphatic heterocycles. The molecule has 0 fully saturated rings. The SMILES string of the molecule is Cc1cc(-c2cc[n+](CI)cc2)on1. The fraction of sp³-hybridized carbons (Fsp3) is 0.200. The summed E-state index contributed by atoms with van der Waals surface area (Å²) in [7, 11) is 0. The number of aromatic nitrogens is 2. The molecule has 2 rings (SSSR count). The standard InChI is InChI=1S/C10H10IN2O/c1-8-6-10(14-12-8)9-2-4-13(7-11)5-3-9/h2-6H,7H2,1H3/q+1. The summed E-state index contributed by atoms with van der Waals surface area (Å²) < 4.78 is 8.21. The van der Waals surface area contributed by atoms with Crippen LogP contribution in [0.25, 0.3) is 11.3 Å². The first-order valence-corrected chi connectivity index (χ1v) is 5.81. The highest BCUT2D eigenvalue weighted by Gasteiger charge is 2.05. The van der Waals surface area contributed by atoms with E-state index in [0.717, 1.165) is 21.6 Å². The van der Waals surface area contributed by atoms with Gasteiger partial charge in [0.25, 0.3) is 0 Å². The van der Waals surface area contributed by atoms with E-state index < -0.39 is 0 Å². The molecule has 4 heteroatoms. The average Bonchev–Trinajstić information content (AvgIpc) is 2.65. The lowest BCUT2D eigenvalue weighted by atomic mass is 10.2. The first-order chi connectivity index (χ1) is 6.79. The summed E-state index contributed by atoms with van der Waals surface area (Å²) in [6.07, 6.45) is 4.05. The molecule has 0 aliphatic rings. The Morgan fingerprint density at radius 1 is 1.43 bits per heavy atom. The van der Waals surface area contributed by atoms with Gasteiger partial charge in [-0.2, -0.15) is 4.57 Å². The molecule has 0 saturated heterocycles. The van der Waals surface area contributed by atoms with Crippen LogP contribution < -0.4 is 4.57 Å². The first-order valence-electron chi connectivity index (χ1n) is 4.28. The lowest BCUT2D eigenvalue weighted by Crippen LogP contribution is -2.28. The lowest BCUT2D eigenvalue weighted by Gasteiger charge is -1.93. The Balaban J connectivity index is 2.33. The smallest absolute Gasteiger partial charge is 0.197 e. The number of hydrogen-bond donors (Lipinski definition) is 0. The fourth-order valence-electron chi connectivity index (χ4n) is 1.20. The zero-order valence-electron chi connectivity index (χ0n) is 7.77. The number of halogens is 1. The third-order valence-electron chi connectivity index (χ3n) is 1.94. The Bertz CT molecular complexity index is 422. The van der Waals surface area contributed by atoms with Gasteiger partial charge in [-0.05, 0) is 29.5 Å². The minimum Gasteiger partial charge on any atom is -0.356 e. The van der Waals surface area contributed by atoms with E-state index in [4.69, 9.17) is 4.52 Å². The molecule has 14 heavy (non-hydrogen) atoms. The van der Waals surface area contributed by atoms with Gasteiger partial charge in [0.1, 0.15) is 0 Å². The van der Waals surface area contributed by atoms with Crippen LogP contribution >= 0.6 is 22.6 Å². The largest absolute Gasteiger partial charge is 0.356 e. The Hall–Kier alpha value is -0.910. The molecule has 2 heterocycles. The van der Waals surface area contributed by atoms with Crippen molar-refractivity contribution < 1.29 is 9.09 Å². The highest BCUT2D eigenvalue weighted by atomic mass is 127. The quantitative estimate of drug-likeness (QED) is 0.484. The van der Waals surface area contributed by atoms with Gasteiger partial charge >= 0.3 is 0 Å². The zero-order chi connectivity index (χ0) is 9.97. The van der Waals surface area contributed by atoms with Crippen LogP contribution in [0.1, 0.15) is 5.69 Å². The second-order valence-electron chi connectivity index (χ2n) is 3.05. The lowest BCUT2D eigenvalue weighted by molar-refractivity contribution is -0.670. The summed E-state index contributed by atoms with van der Waals surface area (Å²) in [6.45, 7) is 1.92. The number of nitrogens with zero attached hydrogens (tertiary/aromatic N) is 2. The average molecular weight is 301 g/mol. The van der Waals surface area contributed by atoms with Crippen LogP contribution in [0.15, 0.2) is 35.1 Å².